The molecule has 0 saturated carbocycles. The smallest absolute Gasteiger partial charge is 0.450 e. The van der Waals surface area contributed by atoms with Crippen LogP contribution < -0.4 is 0 Å². The summed E-state index contributed by atoms with van der Waals surface area (Å²) in [4.78, 5) is 25.0. The van der Waals surface area contributed by atoms with Crippen LogP contribution in [-0.2, 0) is 15.0 Å². The van der Waals surface area contributed by atoms with Crippen LogP contribution in [0.15, 0.2) is 24.3 Å². The number of carbonyl (C=O) groups is 2. The Morgan fingerprint density at radius 2 is 1.77 bits per heavy atom. The third-order valence-electron chi connectivity index (χ3n) is 4.02. The maximum atomic E-state index is 11.2. The second-order valence-electron chi connectivity index (χ2n) is 7.17. The first-order valence-corrected chi connectivity index (χ1v) is 8.98. The van der Waals surface area contributed by atoms with Gasteiger partial charge in [0.2, 0.25) is 0 Å². The lowest BCUT2D eigenvalue weighted by Crippen LogP contribution is -2.17. The average molecular weight is 368 g/mol. The van der Waals surface area contributed by atoms with Crippen molar-refractivity contribution in [3.8, 4) is 0 Å². The minimum absolute atomic E-state index is 0.148. The van der Waals surface area contributed by atoms with Gasteiger partial charge in [-0.05, 0) is 29.4 Å². The molecule has 0 fully saturated rings. The van der Waals surface area contributed by atoms with Gasteiger partial charge in [0.25, 0.3) is 0 Å². The van der Waals surface area contributed by atoms with Crippen LogP contribution in [0.5, 0.6) is 0 Å². The molecule has 1 aromatic rings. The maximum absolute atomic E-state index is 11.2. The van der Waals surface area contributed by atoms with Gasteiger partial charge >= 0.3 is 12.1 Å². The summed E-state index contributed by atoms with van der Waals surface area (Å²) < 4.78 is 4.51. The van der Waals surface area contributed by atoms with Crippen molar-refractivity contribution in [2.24, 2.45) is 5.92 Å². The molecule has 0 aliphatic rings. The molecule has 6 heteroatoms. The normalized spacial score (nSPS) is 11.8. The van der Waals surface area contributed by atoms with Gasteiger partial charge in [0, 0.05) is 0 Å². The van der Waals surface area contributed by atoms with Crippen LogP contribution in [0.2, 0.25) is 0 Å². The van der Waals surface area contributed by atoms with Gasteiger partial charge in [-0.1, -0.05) is 72.1 Å². The minimum Gasteiger partial charge on any atom is -0.450 e. The average Bonchev–Trinajstić information content (AvgIpc) is 2.61. The highest BCUT2D eigenvalue weighted by atomic mass is 17.1. The zero-order chi connectivity index (χ0) is 20.2. The Kier molecular flexibility index (Phi) is 11.3. The zero-order valence-electron chi connectivity index (χ0n) is 16.4. The van der Waals surface area contributed by atoms with Crippen LogP contribution in [0.4, 0.5) is 4.79 Å². The fourth-order valence-corrected chi connectivity index (χ4v) is 2.45. The summed E-state index contributed by atoms with van der Waals surface area (Å²) in [5.74, 6) is -0.309. The van der Waals surface area contributed by atoms with Gasteiger partial charge in [-0.25, -0.2) is 9.59 Å². The summed E-state index contributed by atoms with van der Waals surface area (Å²) in [6, 6.07) is 7.08. The molecule has 0 aromatic heterocycles. The highest BCUT2D eigenvalue weighted by Crippen LogP contribution is 2.25. The van der Waals surface area contributed by atoms with Crippen LogP contribution in [0.3, 0.4) is 0 Å². The molecule has 26 heavy (non-hydrogen) atoms. The molecule has 2 N–H and O–H groups in total. The zero-order valence-corrected chi connectivity index (χ0v) is 16.4. The van der Waals surface area contributed by atoms with Gasteiger partial charge in [0.1, 0.15) is 0 Å². The van der Waals surface area contributed by atoms with E-state index in [1.807, 2.05) is 32.9 Å². The van der Waals surface area contributed by atoms with Crippen molar-refractivity contribution < 1.29 is 29.6 Å². The molecular formula is C20H32O6. The van der Waals surface area contributed by atoms with E-state index in [9.17, 15) is 9.59 Å². The fourth-order valence-electron chi connectivity index (χ4n) is 2.45. The second kappa shape index (κ2) is 12.3. The molecule has 1 unspecified atom stereocenters. The number of benzene rings is 1. The summed E-state index contributed by atoms with van der Waals surface area (Å²) in [5, 5.41) is 16.6. The van der Waals surface area contributed by atoms with Crippen LogP contribution in [-0.4, -0.2) is 29.1 Å². The summed E-state index contributed by atoms with van der Waals surface area (Å²) in [6.07, 6.45) is 3.21. The van der Waals surface area contributed by atoms with Gasteiger partial charge in [-0.3, -0.25) is 4.89 Å². The first-order valence-electron chi connectivity index (χ1n) is 8.98. The van der Waals surface area contributed by atoms with E-state index < -0.39 is 12.1 Å². The molecule has 0 bridgehead atoms. The van der Waals surface area contributed by atoms with Crippen molar-refractivity contribution in [2.75, 3.05) is 6.61 Å². The van der Waals surface area contributed by atoms with E-state index in [0.717, 1.165) is 31.2 Å². The standard InChI is InChI=1S/C11H14O3.C9H18O3/c1-11(2,3)9-7-5-4-6-8(9)10(12)14-13;1-3-5-6-8(4-2)7-12-9(10)11/h4-7,13H,1-3H3;8H,3-7H2,1-2H3,(H,10,11). The predicted molar refractivity (Wildman–Crippen MR) is 100 cm³/mol. The van der Waals surface area contributed by atoms with Gasteiger partial charge in [-0.2, -0.15) is 5.26 Å². The molecule has 1 rings (SSSR count). The number of carbonyl (C=O) groups excluding carboxylic acids is 1. The van der Waals surface area contributed by atoms with Crippen molar-refractivity contribution in [1.82, 2.24) is 0 Å². The molecule has 0 spiro atoms. The number of hydrogen-bond donors (Lipinski definition) is 2. The summed E-state index contributed by atoms with van der Waals surface area (Å²) >= 11 is 0. The Labute approximate surface area is 156 Å². The molecule has 0 aliphatic carbocycles. The highest BCUT2D eigenvalue weighted by Gasteiger charge is 2.21. The van der Waals surface area contributed by atoms with Crippen molar-refractivity contribution in [3.63, 3.8) is 0 Å². The van der Waals surface area contributed by atoms with Gasteiger partial charge < -0.3 is 9.84 Å². The predicted octanol–water partition coefficient (Wildman–Crippen LogP) is 5.51. The number of carboxylic acid groups (broad SMARTS) is 1. The Bertz CT molecular complexity index is 547. The van der Waals surface area contributed by atoms with Gasteiger partial charge in [0.05, 0.1) is 12.2 Å². The van der Waals surface area contributed by atoms with E-state index in [2.05, 4.69) is 23.5 Å². The van der Waals surface area contributed by atoms with Crippen LogP contribution in [0.25, 0.3) is 0 Å². The van der Waals surface area contributed by atoms with Crippen LogP contribution in [0, 0.1) is 5.92 Å². The van der Waals surface area contributed by atoms with Crippen molar-refractivity contribution in [3.05, 3.63) is 35.4 Å². The topological polar surface area (TPSA) is 93.1 Å². The van der Waals surface area contributed by atoms with Crippen LogP contribution >= 0.6 is 0 Å². The first kappa shape index (κ1) is 23.9. The highest BCUT2D eigenvalue weighted by molar-refractivity contribution is 5.91. The van der Waals surface area contributed by atoms with Gasteiger partial charge in [0.15, 0.2) is 0 Å². The number of rotatable bonds is 7. The summed E-state index contributed by atoms with van der Waals surface area (Å²) in [6.45, 7) is 10.5. The van der Waals surface area contributed by atoms with E-state index in [-0.39, 0.29) is 5.41 Å². The Morgan fingerprint density at radius 3 is 2.23 bits per heavy atom. The molecule has 0 aliphatic heterocycles. The molecule has 0 amide bonds. The Hall–Kier alpha value is -2.08. The van der Waals surface area contributed by atoms with E-state index in [1.165, 1.54) is 0 Å². The Balaban J connectivity index is 0.000000488. The molecule has 148 valence electrons. The fraction of sp³-hybridized carbons (Fsp3) is 0.600. The minimum atomic E-state index is -1.16. The number of hydrogen-bond acceptors (Lipinski definition) is 5. The second-order valence-corrected chi connectivity index (χ2v) is 7.17. The molecule has 1 aromatic carbocycles. The lowest BCUT2D eigenvalue weighted by Gasteiger charge is -2.21. The third kappa shape index (κ3) is 9.42. The largest absolute Gasteiger partial charge is 0.505 e. The molecular weight excluding hydrogens is 336 g/mol. The van der Waals surface area contributed by atoms with Gasteiger partial charge in [-0.15, -0.1) is 0 Å². The SMILES string of the molecule is CC(C)(C)c1ccccc1C(=O)OO.CCCCC(CC)COC(=O)O. The van der Waals surface area contributed by atoms with Crippen molar-refractivity contribution in [2.45, 2.75) is 65.7 Å². The van der Waals surface area contributed by atoms with E-state index >= 15 is 0 Å². The number of unbranched alkanes of at least 4 members (excludes halogenated alkanes) is 1. The number of ether oxygens (including phenoxy) is 1. The first-order chi connectivity index (χ1) is 12.2. The molecule has 1 atom stereocenters. The molecule has 0 radical (unpaired) electrons. The molecule has 0 saturated heterocycles. The van der Waals surface area contributed by atoms with E-state index in [4.69, 9.17) is 10.4 Å². The lowest BCUT2D eigenvalue weighted by atomic mass is 9.84. The quantitative estimate of drug-likeness (QED) is 0.374. The summed E-state index contributed by atoms with van der Waals surface area (Å²) in [5.41, 5.74) is 1.12. The maximum Gasteiger partial charge on any atom is 0.505 e. The third-order valence-corrected chi connectivity index (χ3v) is 4.02. The van der Waals surface area contributed by atoms with Crippen molar-refractivity contribution in [1.29, 1.82) is 0 Å². The molecule has 6 nitrogen and oxygen atoms in total. The lowest BCUT2D eigenvalue weighted by molar-refractivity contribution is -0.182. The van der Waals surface area contributed by atoms with Crippen LogP contribution in [0.1, 0.15) is 76.2 Å². The van der Waals surface area contributed by atoms with E-state index in [0.29, 0.717) is 18.1 Å². The van der Waals surface area contributed by atoms with Crippen molar-refractivity contribution >= 4 is 12.1 Å². The monoisotopic (exact) mass is 368 g/mol. The molecule has 0 heterocycles. The Morgan fingerprint density at radius 1 is 1.15 bits per heavy atom. The summed E-state index contributed by atoms with van der Waals surface area (Å²) in [7, 11) is 0. The van der Waals surface area contributed by atoms with E-state index in [1.54, 1.807) is 12.1 Å².